The molecule has 0 radical (unpaired) electrons. The van der Waals surface area contributed by atoms with Crippen molar-refractivity contribution in [1.29, 1.82) is 0 Å². The molecular weight excluding hydrogens is 450 g/mol. The fourth-order valence-electron chi connectivity index (χ4n) is 3.31. The number of thioether (sulfide) groups is 1. The summed E-state index contributed by atoms with van der Waals surface area (Å²) in [4.78, 5) is 14.0. The number of ether oxygens (including phenoxy) is 1. The normalized spacial score (nSPS) is 17.8. The summed E-state index contributed by atoms with van der Waals surface area (Å²) in [6.45, 7) is -2.55. The number of sulfone groups is 1. The van der Waals surface area contributed by atoms with Crippen molar-refractivity contribution in [2.75, 3.05) is 24.3 Å². The van der Waals surface area contributed by atoms with E-state index in [1.165, 1.54) is 28.8 Å². The Morgan fingerprint density at radius 1 is 1.32 bits per heavy atom. The number of alkyl halides is 2. The molecule has 12 heteroatoms. The van der Waals surface area contributed by atoms with Gasteiger partial charge in [0.2, 0.25) is 5.91 Å². The number of hydrogen-bond donors (Lipinski definition) is 0. The lowest BCUT2D eigenvalue weighted by molar-refractivity contribution is -0.127. The van der Waals surface area contributed by atoms with E-state index < -0.39 is 16.4 Å². The summed E-state index contributed by atoms with van der Waals surface area (Å²) < 4.78 is 53.8. The molecule has 2 aromatic rings. The summed E-state index contributed by atoms with van der Waals surface area (Å²) in [5.41, 5.74) is 0.787. The first-order chi connectivity index (χ1) is 14.6. The molecule has 1 fully saturated rings. The van der Waals surface area contributed by atoms with Gasteiger partial charge in [0, 0.05) is 27.1 Å². The predicted octanol–water partition coefficient (Wildman–Crippen LogP) is 2.14. The average molecular weight is 475 g/mol. The molecule has 0 spiro atoms. The van der Waals surface area contributed by atoms with E-state index in [4.69, 9.17) is 0 Å². The molecule has 3 rings (SSSR count). The summed E-state index contributed by atoms with van der Waals surface area (Å²) in [6, 6.07) is 6.13. The maximum atomic E-state index is 12.5. The van der Waals surface area contributed by atoms with E-state index in [1.807, 2.05) is 0 Å². The van der Waals surface area contributed by atoms with Crippen LogP contribution in [0.4, 0.5) is 8.78 Å². The third-order valence-electron chi connectivity index (χ3n) is 5.04. The molecule has 1 aromatic heterocycles. The number of benzene rings is 1. The Morgan fingerprint density at radius 3 is 2.65 bits per heavy atom. The van der Waals surface area contributed by atoms with Crippen molar-refractivity contribution in [3.63, 3.8) is 0 Å². The largest absolute Gasteiger partial charge is 0.435 e. The molecular formula is C19H24F2N4O4S2. The average Bonchev–Trinajstić information content (AvgIpc) is 3.22. The molecule has 170 valence electrons. The Morgan fingerprint density at radius 2 is 2.03 bits per heavy atom. The molecule has 1 aliphatic heterocycles. The summed E-state index contributed by atoms with van der Waals surface area (Å²) in [5, 5.41) is 8.87. The minimum absolute atomic E-state index is 0.0518. The van der Waals surface area contributed by atoms with Crippen molar-refractivity contribution in [2.24, 2.45) is 13.0 Å². The molecule has 1 aliphatic rings. The van der Waals surface area contributed by atoms with E-state index in [2.05, 4.69) is 14.9 Å². The molecule has 2 heterocycles. The van der Waals surface area contributed by atoms with Gasteiger partial charge in [-0.05, 0) is 30.0 Å². The molecule has 1 unspecified atom stereocenters. The zero-order valence-electron chi connectivity index (χ0n) is 17.2. The minimum atomic E-state index is -2.94. The van der Waals surface area contributed by atoms with Crippen LogP contribution in [0.2, 0.25) is 0 Å². The van der Waals surface area contributed by atoms with Gasteiger partial charge >= 0.3 is 6.61 Å². The van der Waals surface area contributed by atoms with E-state index in [0.29, 0.717) is 30.4 Å². The molecule has 1 aromatic carbocycles. The van der Waals surface area contributed by atoms with Gasteiger partial charge in [0.05, 0.1) is 17.3 Å². The van der Waals surface area contributed by atoms with Crippen LogP contribution in [-0.2, 0) is 34.6 Å². The van der Waals surface area contributed by atoms with Crippen LogP contribution in [0.3, 0.4) is 0 Å². The molecule has 0 bridgehead atoms. The third kappa shape index (κ3) is 6.63. The lowest BCUT2D eigenvalue weighted by atomic mass is 10.1. The number of halogens is 2. The van der Waals surface area contributed by atoms with Gasteiger partial charge in [-0.15, -0.1) is 10.2 Å². The number of amides is 1. The summed E-state index contributed by atoms with van der Waals surface area (Å²) in [7, 11) is 0.526. The lowest BCUT2D eigenvalue weighted by Gasteiger charge is -2.17. The predicted molar refractivity (Wildman–Crippen MR) is 112 cm³/mol. The SMILES string of the molecule is CN(Cc1ccc(OC(F)F)cc1)C(=O)CSc1nnc(CC2CCS(=O)(=O)C2)n1C. The van der Waals surface area contributed by atoms with Gasteiger partial charge in [0.1, 0.15) is 11.6 Å². The Labute approximate surface area is 183 Å². The first kappa shape index (κ1) is 23.5. The van der Waals surface area contributed by atoms with Crippen molar-refractivity contribution in [2.45, 2.75) is 31.2 Å². The van der Waals surface area contributed by atoms with E-state index in [1.54, 1.807) is 30.8 Å². The van der Waals surface area contributed by atoms with Crippen LogP contribution in [0.1, 0.15) is 17.8 Å². The Balaban J connectivity index is 1.49. The Kier molecular flexibility index (Phi) is 7.52. The first-order valence-corrected chi connectivity index (χ1v) is 12.4. The zero-order chi connectivity index (χ0) is 22.6. The number of carbonyl (C=O) groups is 1. The number of aromatic nitrogens is 3. The highest BCUT2D eigenvalue weighted by Gasteiger charge is 2.29. The van der Waals surface area contributed by atoms with E-state index in [0.717, 1.165) is 5.56 Å². The monoisotopic (exact) mass is 474 g/mol. The standard InChI is InChI=1S/C19H24F2N4O4S2/c1-24(10-13-3-5-15(6-4-13)29-18(20)21)17(26)11-30-19-23-22-16(25(19)2)9-14-7-8-31(27,28)12-14/h3-6,14,18H,7-12H2,1-2H3. The topological polar surface area (TPSA) is 94.4 Å². The van der Waals surface area contributed by atoms with Crippen molar-refractivity contribution < 1.29 is 26.7 Å². The van der Waals surface area contributed by atoms with Crippen LogP contribution in [-0.4, -0.2) is 64.9 Å². The van der Waals surface area contributed by atoms with Crippen LogP contribution in [0.15, 0.2) is 29.4 Å². The second-order valence-corrected chi connectivity index (χ2v) is 10.7. The van der Waals surface area contributed by atoms with E-state index in [9.17, 15) is 22.0 Å². The highest BCUT2D eigenvalue weighted by Crippen LogP contribution is 2.24. The van der Waals surface area contributed by atoms with Crippen molar-refractivity contribution in [3.8, 4) is 5.75 Å². The second kappa shape index (κ2) is 9.94. The fourth-order valence-corrected chi connectivity index (χ4v) is 6.05. The number of carbonyl (C=O) groups excluding carboxylic acids is 1. The molecule has 1 saturated heterocycles. The van der Waals surface area contributed by atoms with Crippen molar-refractivity contribution >= 4 is 27.5 Å². The number of nitrogens with zero attached hydrogens (tertiary/aromatic N) is 4. The highest BCUT2D eigenvalue weighted by molar-refractivity contribution is 7.99. The summed E-state index contributed by atoms with van der Waals surface area (Å²) >= 11 is 1.26. The molecule has 8 nitrogen and oxygen atoms in total. The van der Waals surface area contributed by atoms with E-state index >= 15 is 0 Å². The number of rotatable bonds is 9. The smallest absolute Gasteiger partial charge is 0.387 e. The Bertz CT molecular complexity index is 1010. The van der Waals surface area contributed by atoms with Crippen LogP contribution in [0.5, 0.6) is 5.75 Å². The lowest BCUT2D eigenvalue weighted by Crippen LogP contribution is -2.27. The molecule has 0 aliphatic carbocycles. The number of hydrogen-bond acceptors (Lipinski definition) is 7. The van der Waals surface area contributed by atoms with Gasteiger partial charge in [-0.25, -0.2) is 8.42 Å². The van der Waals surface area contributed by atoms with Gasteiger partial charge < -0.3 is 14.2 Å². The van der Waals surface area contributed by atoms with Crippen LogP contribution in [0.25, 0.3) is 0 Å². The first-order valence-electron chi connectivity index (χ1n) is 9.62. The van der Waals surface area contributed by atoms with Gasteiger partial charge in [-0.1, -0.05) is 23.9 Å². The van der Waals surface area contributed by atoms with Gasteiger partial charge in [-0.3, -0.25) is 4.79 Å². The maximum Gasteiger partial charge on any atom is 0.387 e. The maximum absolute atomic E-state index is 12.5. The zero-order valence-corrected chi connectivity index (χ0v) is 18.8. The van der Waals surface area contributed by atoms with Crippen molar-refractivity contribution in [3.05, 3.63) is 35.7 Å². The second-order valence-electron chi connectivity index (χ2n) is 7.49. The fraction of sp³-hybridized carbons (Fsp3) is 0.526. The highest BCUT2D eigenvalue weighted by atomic mass is 32.2. The Hall–Kier alpha value is -2.21. The molecule has 1 amide bonds. The van der Waals surface area contributed by atoms with Gasteiger partial charge in [0.25, 0.3) is 0 Å². The van der Waals surface area contributed by atoms with Crippen molar-refractivity contribution in [1.82, 2.24) is 19.7 Å². The summed E-state index contributed by atoms with van der Waals surface area (Å²) in [5.74, 6) is 1.27. The van der Waals surface area contributed by atoms with Crippen LogP contribution < -0.4 is 4.74 Å². The molecule has 1 atom stereocenters. The van der Waals surface area contributed by atoms with Gasteiger partial charge in [0.15, 0.2) is 15.0 Å². The van der Waals surface area contributed by atoms with Gasteiger partial charge in [-0.2, -0.15) is 8.78 Å². The van der Waals surface area contributed by atoms with Crippen LogP contribution >= 0.6 is 11.8 Å². The minimum Gasteiger partial charge on any atom is -0.435 e. The van der Waals surface area contributed by atoms with E-state index in [-0.39, 0.29) is 34.8 Å². The molecule has 0 saturated carbocycles. The summed E-state index contributed by atoms with van der Waals surface area (Å²) in [6.07, 6.45) is 1.18. The quantitative estimate of drug-likeness (QED) is 0.514. The molecule has 0 N–H and O–H groups in total. The van der Waals surface area contributed by atoms with Crippen LogP contribution in [0, 0.1) is 5.92 Å². The third-order valence-corrected chi connectivity index (χ3v) is 7.88. The molecule has 31 heavy (non-hydrogen) atoms.